The Bertz CT molecular complexity index is 475. The molecule has 0 unspecified atom stereocenters. The smallest absolute Gasteiger partial charge is 0.317 e. The summed E-state index contributed by atoms with van der Waals surface area (Å²) < 4.78 is 0. The third-order valence-electron chi connectivity index (χ3n) is 2.28. The number of hydrogen-bond donors (Lipinski definition) is 3. The van der Waals surface area contributed by atoms with E-state index in [4.69, 9.17) is 5.73 Å². The molecule has 4 N–H and O–H groups in total. The van der Waals surface area contributed by atoms with Gasteiger partial charge in [0.05, 0.1) is 0 Å². The van der Waals surface area contributed by atoms with E-state index in [2.05, 4.69) is 15.3 Å². The molecule has 0 atom stereocenters. The summed E-state index contributed by atoms with van der Waals surface area (Å²) in [6, 6.07) is 1.19. The molecule has 0 spiro atoms. The summed E-state index contributed by atoms with van der Waals surface area (Å²) in [5.41, 5.74) is 5.19. The molecule has 2 heterocycles. The number of hydrogen-bond acceptors (Lipinski definition) is 5. The third-order valence-corrected chi connectivity index (χ3v) is 3.14. The van der Waals surface area contributed by atoms with Crippen molar-refractivity contribution in [3.8, 4) is 0 Å². The normalized spacial score (nSPS) is 15.1. The Labute approximate surface area is 102 Å². The molecule has 7 nitrogen and oxygen atoms in total. The molecule has 1 aromatic rings. The van der Waals surface area contributed by atoms with Crippen molar-refractivity contribution in [3.63, 3.8) is 0 Å². The summed E-state index contributed by atoms with van der Waals surface area (Å²) >= 11 is 1.37. The summed E-state index contributed by atoms with van der Waals surface area (Å²) in [7, 11) is 0. The standard InChI is InChI=1S/C9H13N5O2S/c10-6-5-7(15)13-8(12-6)17-4-3-14-2-1-11-9(14)16/h5H,1-4H2,(H,11,16)(H3,10,12,13,15). The first kappa shape index (κ1) is 11.8. The van der Waals surface area contributed by atoms with Gasteiger partial charge in [0.25, 0.3) is 5.56 Å². The van der Waals surface area contributed by atoms with Crippen LogP contribution < -0.4 is 16.6 Å². The van der Waals surface area contributed by atoms with Crippen molar-refractivity contribution >= 4 is 23.6 Å². The second-order valence-corrected chi connectivity index (χ2v) is 4.63. The Morgan fingerprint density at radius 1 is 1.53 bits per heavy atom. The second-order valence-electron chi connectivity index (χ2n) is 3.54. The number of carbonyl (C=O) groups is 1. The molecule has 2 amide bonds. The van der Waals surface area contributed by atoms with Gasteiger partial charge in [-0.15, -0.1) is 0 Å². The van der Waals surface area contributed by atoms with Crippen molar-refractivity contribution in [1.29, 1.82) is 0 Å². The van der Waals surface area contributed by atoms with E-state index in [1.54, 1.807) is 4.90 Å². The quantitative estimate of drug-likeness (QED) is 0.495. The molecule has 0 aliphatic carbocycles. The maximum atomic E-state index is 11.2. The van der Waals surface area contributed by atoms with E-state index in [0.29, 0.717) is 24.0 Å². The molecule has 17 heavy (non-hydrogen) atoms. The zero-order valence-electron chi connectivity index (χ0n) is 9.10. The highest BCUT2D eigenvalue weighted by atomic mass is 32.2. The van der Waals surface area contributed by atoms with E-state index in [1.165, 1.54) is 17.8 Å². The molecule has 0 bridgehead atoms. The first-order valence-corrected chi connectivity index (χ1v) is 6.16. The molecular formula is C9H13N5O2S. The van der Waals surface area contributed by atoms with E-state index < -0.39 is 0 Å². The van der Waals surface area contributed by atoms with E-state index >= 15 is 0 Å². The lowest BCUT2D eigenvalue weighted by atomic mass is 10.6. The SMILES string of the molecule is Nc1cc(=O)[nH]c(SCCN2CCNC2=O)n1. The molecule has 1 aliphatic rings. The van der Waals surface area contributed by atoms with Gasteiger partial charge >= 0.3 is 6.03 Å². The summed E-state index contributed by atoms with van der Waals surface area (Å²) in [6.07, 6.45) is 0. The number of carbonyl (C=O) groups excluding carboxylic acids is 1. The predicted octanol–water partition coefficient (Wildman–Crippen LogP) is -0.531. The molecule has 0 radical (unpaired) electrons. The molecule has 1 aliphatic heterocycles. The number of nitrogen functional groups attached to an aromatic ring is 1. The maximum Gasteiger partial charge on any atom is 0.317 e. The number of nitrogens with two attached hydrogens (primary N) is 1. The van der Waals surface area contributed by atoms with Crippen LogP contribution >= 0.6 is 11.8 Å². The Hall–Kier alpha value is -1.70. The largest absolute Gasteiger partial charge is 0.383 e. The fourth-order valence-electron chi connectivity index (χ4n) is 1.50. The van der Waals surface area contributed by atoms with Gasteiger partial charge in [0.2, 0.25) is 0 Å². The number of nitrogens with zero attached hydrogens (tertiary/aromatic N) is 2. The van der Waals surface area contributed by atoms with Crippen LogP contribution in [-0.4, -0.2) is 46.3 Å². The minimum Gasteiger partial charge on any atom is -0.383 e. The minimum atomic E-state index is -0.265. The highest BCUT2D eigenvalue weighted by Crippen LogP contribution is 2.12. The zero-order chi connectivity index (χ0) is 12.3. The molecule has 92 valence electrons. The number of aromatic nitrogens is 2. The van der Waals surface area contributed by atoms with Crippen LogP contribution in [0, 0.1) is 0 Å². The van der Waals surface area contributed by atoms with Gasteiger partial charge in [-0.25, -0.2) is 9.78 Å². The van der Waals surface area contributed by atoms with Crippen molar-refractivity contribution in [2.75, 3.05) is 31.1 Å². The van der Waals surface area contributed by atoms with Gasteiger partial charge in [-0.2, -0.15) is 0 Å². The van der Waals surface area contributed by atoms with Crippen molar-refractivity contribution < 1.29 is 4.79 Å². The van der Waals surface area contributed by atoms with Gasteiger partial charge in [-0.3, -0.25) is 4.79 Å². The molecule has 0 aromatic carbocycles. The maximum absolute atomic E-state index is 11.2. The highest BCUT2D eigenvalue weighted by Gasteiger charge is 2.18. The Morgan fingerprint density at radius 2 is 2.35 bits per heavy atom. The second kappa shape index (κ2) is 5.09. The topological polar surface area (TPSA) is 104 Å². The van der Waals surface area contributed by atoms with Crippen LogP contribution in [-0.2, 0) is 0 Å². The van der Waals surface area contributed by atoms with E-state index in [-0.39, 0.29) is 17.4 Å². The number of nitrogens with one attached hydrogen (secondary N) is 2. The first-order chi connectivity index (χ1) is 8.15. The lowest BCUT2D eigenvalue weighted by molar-refractivity contribution is 0.220. The molecule has 2 rings (SSSR count). The first-order valence-electron chi connectivity index (χ1n) is 5.17. The zero-order valence-corrected chi connectivity index (χ0v) is 9.92. The van der Waals surface area contributed by atoms with Crippen molar-refractivity contribution in [3.05, 3.63) is 16.4 Å². The third kappa shape index (κ3) is 3.13. The van der Waals surface area contributed by atoms with Gasteiger partial charge in [0, 0.05) is 31.5 Å². The number of urea groups is 1. The van der Waals surface area contributed by atoms with Crippen molar-refractivity contribution in [2.45, 2.75) is 5.16 Å². The van der Waals surface area contributed by atoms with Gasteiger partial charge in [0.15, 0.2) is 5.16 Å². The lowest BCUT2D eigenvalue weighted by Gasteiger charge is -2.12. The number of amides is 2. The number of thioether (sulfide) groups is 1. The minimum absolute atomic E-state index is 0.0420. The molecule has 1 saturated heterocycles. The molecule has 1 fully saturated rings. The summed E-state index contributed by atoms with van der Waals surface area (Å²) in [4.78, 5) is 30.6. The number of rotatable bonds is 4. The Morgan fingerprint density at radius 3 is 3.00 bits per heavy atom. The number of anilines is 1. The molecular weight excluding hydrogens is 242 g/mol. The van der Waals surface area contributed by atoms with Gasteiger partial charge in [-0.05, 0) is 0 Å². The highest BCUT2D eigenvalue weighted by molar-refractivity contribution is 7.99. The Kier molecular flexibility index (Phi) is 3.52. The van der Waals surface area contributed by atoms with Crippen LogP contribution in [0.5, 0.6) is 0 Å². The average Bonchev–Trinajstić information content (AvgIpc) is 2.63. The lowest BCUT2D eigenvalue weighted by Crippen LogP contribution is -2.30. The summed E-state index contributed by atoms with van der Waals surface area (Å²) in [5, 5.41) is 3.20. The number of H-pyrrole nitrogens is 1. The van der Waals surface area contributed by atoms with Crippen LogP contribution in [0.3, 0.4) is 0 Å². The van der Waals surface area contributed by atoms with E-state index in [1.807, 2.05) is 0 Å². The van der Waals surface area contributed by atoms with Gasteiger partial charge in [-0.1, -0.05) is 11.8 Å². The van der Waals surface area contributed by atoms with Gasteiger partial charge in [0.1, 0.15) is 5.82 Å². The van der Waals surface area contributed by atoms with Crippen molar-refractivity contribution in [1.82, 2.24) is 20.2 Å². The van der Waals surface area contributed by atoms with E-state index in [9.17, 15) is 9.59 Å². The van der Waals surface area contributed by atoms with Crippen LogP contribution in [0.2, 0.25) is 0 Å². The predicted molar refractivity (Wildman–Crippen MR) is 65.0 cm³/mol. The number of aromatic amines is 1. The molecule has 8 heteroatoms. The Balaban J connectivity index is 1.85. The van der Waals surface area contributed by atoms with Crippen molar-refractivity contribution in [2.24, 2.45) is 0 Å². The molecule has 1 aromatic heterocycles. The summed E-state index contributed by atoms with van der Waals surface area (Å²) in [5.74, 6) is 0.870. The van der Waals surface area contributed by atoms with Crippen LogP contribution in [0.1, 0.15) is 0 Å². The van der Waals surface area contributed by atoms with Crippen LogP contribution in [0.25, 0.3) is 0 Å². The monoisotopic (exact) mass is 255 g/mol. The fraction of sp³-hybridized carbons (Fsp3) is 0.444. The fourth-order valence-corrected chi connectivity index (χ4v) is 2.35. The average molecular weight is 255 g/mol. The summed E-state index contributed by atoms with van der Waals surface area (Å²) in [6.45, 7) is 2.03. The molecule has 0 saturated carbocycles. The van der Waals surface area contributed by atoms with Crippen LogP contribution in [0.4, 0.5) is 10.6 Å². The van der Waals surface area contributed by atoms with E-state index in [0.717, 1.165) is 6.54 Å². The van der Waals surface area contributed by atoms with Crippen LogP contribution in [0.15, 0.2) is 16.0 Å². The van der Waals surface area contributed by atoms with Gasteiger partial charge < -0.3 is 20.9 Å².